The summed E-state index contributed by atoms with van der Waals surface area (Å²) in [6.45, 7) is 0. The monoisotopic (exact) mass is 230 g/mol. The SMILES string of the molecule is CNc1cccc(Br)c1[N+](=O)[O-]. The number of halogens is 1. The van der Waals surface area contributed by atoms with Gasteiger partial charge in [0.05, 0.1) is 9.40 Å². The lowest BCUT2D eigenvalue weighted by atomic mass is 10.3. The first-order valence-electron chi connectivity index (χ1n) is 3.27. The van der Waals surface area contributed by atoms with Gasteiger partial charge in [0.1, 0.15) is 5.69 Å². The van der Waals surface area contributed by atoms with Crippen LogP contribution in [0.15, 0.2) is 22.7 Å². The van der Waals surface area contributed by atoms with Crippen LogP contribution in [0.3, 0.4) is 0 Å². The van der Waals surface area contributed by atoms with Crippen molar-refractivity contribution in [3.8, 4) is 0 Å². The second-order valence-corrected chi connectivity index (χ2v) is 3.00. The van der Waals surface area contributed by atoms with Crippen LogP contribution >= 0.6 is 15.9 Å². The smallest absolute Gasteiger partial charge is 0.306 e. The third-order valence-electron chi connectivity index (χ3n) is 1.44. The van der Waals surface area contributed by atoms with Gasteiger partial charge in [-0.25, -0.2) is 0 Å². The molecule has 1 rings (SSSR count). The van der Waals surface area contributed by atoms with Gasteiger partial charge in [-0.1, -0.05) is 6.07 Å². The fraction of sp³-hybridized carbons (Fsp3) is 0.143. The molecule has 0 unspecified atom stereocenters. The van der Waals surface area contributed by atoms with Crippen LogP contribution in [0.5, 0.6) is 0 Å². The summed E-state index contributed by atoms with van der Waals surface area (Å²) in [7, 11) is 1.65. The van der Waals surface area contributed by atoms with Crippen molar-refractivity contribution in [1.29, 1.82) is 0 Å². The van der Waals surface area contributed by atoms with Crippen LogP contribution in [-0.2, 0) is 0 Å². The first-order valence-corrected chi connectivity index (χ1v) is 4.06. The quantitative estimate of drug-likeness (QED) is 0.628. The molecule has 0 saturated carbocycles. The summed E-state index contributed by atoms with van der Waals surface area (Å²) >= 11 is 3.11. The molecule has 0 radical (unpaired) electrons. The lowest BCUT2D eigenvalue weighted by molar-refractivity contribution is -0.384. The summed E-state index contributed by atoms with van der Waals surface area (Å²) in [5.41, 5.74) is 0.578. The van der Waals surface area contributed by atoms with Crippen molar-refractivity contribution in [2.75, 3.05) is 12.4 Å². The summed E-state index contributed by atoms with van der Waals surface area (Å²) in [5, 5.41) is 13.3. The zero-order valence-corrected chi connectivity index (χ0v) is 7.96. The van der Waals surface area contributed by atoms with E-state index in [0.717, 1.165) is 0 Å². The predicted molar refractivity (Wildman–Crippen MR) is 50.3 cm³/mol. The molecule has 12 heavy (non-hydrogen) atoms. The van der Waals surface area contributed by atoms with Gasteiger partial charge in [0.2, 0.25) is 0 Å². The van der Waals surface area contributed by atoms with Crippen LogP contribution < -0.4 is 5.32 Å². The van der Waals surface area contributed by atoms with Gasteiger partial charge in [-0.3, -0.25) is 10.1 Å². The van der Waals surface area contributed by atoms with E-state index in [9.17, 15) is 10.1 Å². The van der Waals surface area contributed by atoms with E-state index in [-0.39, 0.29) is 5.69 Å². The lowest BCUT2D eigenvalue weighted by Crippen LogP contribution is -1.96. The topological polar surface area (TPSA) is 55.2 Å². The molecule has 0 atom stereocenters. The highest BCUT2D eigenvalue weighted by Gasteiger charge is 2.15. The van der Waals surface area contributed by atoms with E-state index in [0.29, 0.717) is 10.2 Å². The Bertz CT molecular complexity index is 314. The standard InChI is InChI=1S/C7H7BrN2O2/c1-9-6-4-2-3-5(8)7(6)10(11)12/h2-4,9H,1H3. The van der Waals surface area contributed by atoms with Crippen molar-refractivity contribution < 1.29 is 4.92 Å². The van der Waals surface area contributed by atoms with Crippen LogP contribution in [0.25, 0.3) is 0 Å². The molecule has 0 aliphatic heterocycles. The highest BCUT2D eigenvalue weighted by atomic mass is 79.9. The molecule has 0 saturated heterocycles. The van der Waals surface area contributed by atoms with Gasteiger partial charge in [0.15, 0.2) is 0 Å². The first kappa shape index (κ1) is 8.99. The van der Waals surface area contributed by atoms with Crippen LogP contribution in [0.4, 0.5) is 11.4 Å². The third kappa shape index (κ3) is 1.55. The number of nitro benzene ring substituents is 1. The Balaban J connectivity index is 3.29. The second-order valence-electron chi connectivity index (χ2n) is 2.14. The molecule has 1 aromatic rings. The maximum absolute atomic E-state index is 10.5. The number of benzene rings is 1. The molecule has 0 spiro atoms. The highest BCUT2D eigenvalue weighted by Crippen LogP contribution is 2.31. The van der Waals surface area contributed by atoms with E-state index >= 15 is 0 Å². The molecule has 0 amide bonds. The Morgan fingerprint density at radius 2 is 2.25 bits per heavy atom. The average Bonchev–Trinajstić information content (AvgIpc) is 2.03. The number of anilines is 1. The fourth-order valence-corrected chi connectivity index (χ4v) is 1.41. The van der Waals surface area contributed by atoms with E-state index in [1.165, 1.54) is 0 Å². The molecule has 0 aliphatic rings. The molecule has 4 nitrogen and oxygen atoms in total. The largest absolute Gasteiger partial charge is 0.383 e. The highest BCUT2D eigenvalue weighted by molar-refractivity contribution is 9.10. The minimum Gasteiger partial charge on any atom is -0.383 e. The molecule has 1 aromatic carbocycles. The van der Waals surface area contributed by atoms with Gasteiger partial charge in [-0.05, 0) is 28.1 Å². The van der Waals surface area contributed by atoms with Gasteiger partial charge in [-0.15, -0.1) is 0 Å². The molecule has 0 aliphatic carbocycles. The van der Waals surface area contributed by atoms with Gasteiger partial charge >= 0.3 is 5.69 Å². The van der Waals surface area contributed by atoms with E-state index in [1.807, 2.05) is 0 Å². The molecular formula is C7H7BrN2O2. The zero-order valence-electron chi connectivity index (χ0n) is 6.37. The van der Waals surface area contributed by atoms with Crippen molar-refractivity contribution in [3.63, 3.8) is 0 Å². The Labute approximate surface area is 77.9 Å². The number of hydrogen-bond donors (Lipinski definition) is 1. The van der Waals surface area contributed by atoms with Crippen LogP contribution in [-0.4, -0.2) is 12.0 Å². The molecule has 1 N–H and O–H groups in total. The maximum Gasteiger partial charge on any atom is 0.306 e. The zero-order chi connectivity index (χ0) is 9.14. The number of nitrogens with one attached hydrogen (secondary N) is 1. The van der Waals surface area contributed by atoms with Crippen LogP contribution in [0, 0.1) is 10.1 Å². The molecule has 0 aromatic heterocycles. The Morgan fingerprint density at radius 3 is 2.67 bits per heavy atom. The van der Waals surface area contributed by atoms with Crippen molar-refractivity contribution in [3.05, 3.63) is 32.8 Å². The van der Waals surface area contributed by atoms with Crippen LogP contribution in [0.1, 0.15) is 0 Å². The summed E-state index contributed by atoms with van der Waals surface area (Å²) in [6.07, 6.45) is 0. The van der Waals surface area contributed by atoms with Crippen molar-refractivity contribution in [2.45, 2.75) is 0 Å². The number of para-hydroxylation sites is 1. The van der Waals surface area contributed by atoms with Crippen molar-refractivity contribution >= 4 is 27.3 Å². The molecule has 0 heterocycles. The average molecular weight is 231 g/mol. The number of hydrogen-bond acceptors (Lipinski definition) is 3. The normalized spacial score (nSPS) is 9.50. The van der Waals surface area contributed by atoms with Gasteiger partial charge in [-0.2, -0.15) is 0 Å². The van der Waals surface area contributed by atoms with Crippen molar-refractivity contribution in [2.24, 2.45) is 0 Å². The molecule has 0 bridgehead atoms. The van der Waals surface area contributed by atoms with E-state index in [4.69, 9.17) is 0 Å². The molecular weight excluding hydrogens is 224 g/mol. The van der Waals surface area contributed by atoms with E-state index in [1.54, 1.807) is 25.2 Å². The predicted octanol–water partition coefficient (Wildman–Crippen LogP) is 2.40. The number of nitro groups is 1. The Morgan fingerprint density at radius 1 is 1.58 bits per heavy atom. The Hall–Kier alpha value is -1.10. The number of nitrogens with zero attached hydrogens (tertiary/aromatic N) is 1. The lowest BCUT2D eigenvalue weighted by Gasteiger charge is -2.01. The van der Waals surface area contributed by atoms with Gasteiger partial charge in [0.25, 0.3) is 0 Å². The maximum atomic E-state index is 10.5. The number of rotatable bonds is 2. The molecule has 0 fully saturated rings. The summed E-state index contributed by atoms with van der Waals surface area (Å²) in [4.78, 5) is 10.1. The van der Waals surface area contributed by atoms with Crippen LogP contribution in [0.2, 0.25) is 0 Å². The molecule has 64 valence electrons. The molecule has 5 heteroatoms. The fourth-order valence-electron chi connectivity index (χ4n) is 0.903. The second kappa shape index (κ2) is 3.53. The first-order chi connectivity index (χ1) is 5.66. The van der Waals surface area contributed by atoms with Crippen molar-refractivity contribution in [1.82, 2.24) is 0 Å². The summed E-state index contributed by atoms with van der Waals surface area (Å²) in [5.74, 6) is 0. The van der Waals surface area contributed by atoms with Gasteiger partial charge < -0.3 is 5.32 Å². The van der Waals surface area contributed by atoms with Gasteiger partial charge in [0, 0.05) is 7.05 Å². The summed E-state index contributed by atoms with van der Waals surface area (Å²) in [6, 6.07) is 5.03. The van der Waals surface area contributed by atoms with E-state index < -0.39 is 4.92 Å². The van der Waals surface area contributed by atoms with E-state index in [2.05, 4.69) is 21.2 Å². The summed E-state index contributed by atoms with van der Waals surface area (Å²) < 4.78 is 0.486. The Kier molecular flexibility index (Phi) is 2.65. The third-order valence-corrected chi connectivity index (χ3v) is 2.08. The minimum absolute atomic E-state index is 0.0694. The minimum atomic E-state index is -0.421.